The van der Waals surface area contributed by atoms with E-state index in [0.29, 0.717) is 12.5 Å². The Morgan fingerprint density at radius 1 is 1.67 bits per heavy atom. The molecule has 0 radical (unpaired) electrons. The Labute approximate surface area is 76.7 Å². The van der Waals surface area contributed by atoms with Gasteiger partial charge in [-0.1, -0.05) is 0 Å². The minimum atomic E-state index is 0.193. The maximum absolute atomic E-state index is 5.61. The molecule has 0 N–H and O–H groups in total. The first-order chi connectivity index (χ1) is 5.74. The second-order valence-electron chi connectivity index (χ2n) is 2.72. The largest absolute Gasteiger partial charge is 0.446 e. The molecule has 0 aliphatic heterocycles. The summed E-state index contributed by atoms with van der Waals surface area (Å²) in [7, 11) is 0. The first kappa shape index (κ1) is 9.55. The normalized spacial score (nSPS) is 11.0. The molecule has 0 spiro atoms. The summed E-state index contributed by atoms with van der Waals surface area (Å²) in [5.74, 6) is 1.09. The molecule has 4 heteroatoms. The third kappa shape index (κ3) is 2.50. The Bertz CT molecular complexity index is 235. The fraction of sp³-hybridized carbons (Fsp3) is 0.625. The second kappa shape index (κ2) is 4.48. The van der Waals surface area contributed by atoms with Crippen molar-refractivity contribution in [3.05, 3.63) is 17.8 Å². The predicted molar refractivity (Wildman–Crippen MR) is 46.0 cm³/mol. The zero-order valence-corrected chi connectivity index (χ0v) is 7.97. The van der Waals surface area contributed by atoms with Crippen molar-refractivity contribution in [3.63, 3.8) is 0 Å². The van der Waals surface area contributed by atoms with Crippen LogP contribution in [0.3, 0.4) is 0 Å². The van der Waals surface area contributed by atoms with Crippen molar-refractivity contribution in [2.24, 2.45) is 0 Å². The van der Waals surface area contributed by atoms with Gasteiger partial charge in [0.05, 0.1) is 17.7 Å². The molecule has 0 aromatic carbocycles. The lowest BCUT2D eigenvalue weighted by Crippen LogP contribution is -2.02. The Morgan fingerprint density at radius 2 is 2.42 bits per heavy atom. The van der Waals surface area contributed by atoms with Crippen molar-refractivity contribution in [2.45, 2.75) is 32.4 Å². The van der Waals surface area contributed by atoms with E-state index in [1.54, 1.807) is 0 Å². The van der Waals surface area contributed by atoms with Crippen molar-refractivity contribution >= 4 is 11.6 Å². The van der Waals surface area contributed by atoms with Crippen molar-refractivity contribution in [1.82, 2.24) is 4.98 Å². The number of hydrogen-bond donors (Lipinski definition) is 0. The van der Waals surface area contributed by atoms with E-state index in [9.17, 15) is 0 Å². The van der Waals surface area contributed by atoms with Gasteiger partial charge in [0.1, 0.15) is 6.61 Å². The molecule has 1 rings (SSSR count). The zero-order chi connectivity index (χ0) is 8.97. The van der Waals surface area contributed by atoms with Gasteiger partial charge < -0.3 is 9.15 Å². The molecule has 0 aliphatic rings. The van der Waals surface area contributed by atoms with Gasteiger partial charge in [0, 0.05) is 0 Å². The number of rotatable bonds is 4. The first-order valence-corrected chi connectivity index (χ1v) is 4.36. The van der Waals surface area contributed by atoms with Gasteiger partial charge in [-0.2, -0.15) is 0 Å². The lowest BCUT2D eigenvalue weighted by molar-refractivity contribution is 0.0541. The van der Waals surface area contributed by atoms with Crippen LogP contribution in [0.4, 0.5) is 0 Å². The SMILES string of the molecule is CC(C)OCc1ocnc1CCl. The minimum Gasteiger partial charge on any atom is -0.446 e. The maximum atomic E-state index is 5.61. The van der Waals surface area contributed by atoms with E-state index >= 15 is 0 Å². The third-order valence-electron chi connectivity index (χ3n) is 1.40. The molecule has 3 nitrogen and oxygen atoms in total. The van der Waals surface area contributed by atoms with E-state index in [4.69, 9.17) is 20.8 Å². The van der Waals surface area contributed by atoms with Crippen molar-refractivity contribution in [2.75, 3.05) is 0 Å². The molecule has 0 aliphatic carbocycles. The summed E-state index contributed by atoms with van der Waals surface area (Å²) in [6, 6.07) is 0. The maximum Gasteiger partial charge on any atom is 0.181 e. The summed E-state index contributed by atoms with van der Waals surface area (Å²) in [5.41, 5.74) is 0.761. The number of halogens is 1. The quantitative estimate of drug-likeness (QED) is 0.682. The summed E-state index contributed by atoms with van der Waals surface area (Å²) < 4.78 is 10.4. The van der Waals surface area contributed by atoms with Gasteiger partial charge >= 0.3 is 0 Å². The highest BCUT2D eigenvalue weighted by Crippen LogP contribution is 2.11. The van der Waals surface area contributed by atoms with Crippen LogP contribution >= 0.6 is 11.6 Å². The molecule has 0 bridgehead atoms. The number of nitrogens with zero attached hydrogens (tertiary/aromatic N) is 1. The van der Waals surface area contributed by atoms with Crippen LogP contribution in [0.25, 0.3) is 0 Å². The number of hydrogen-bond acceptors (Lipinski definition) is 3. The van der Waals surface area contributed by atoms with E-state index in [2.05, 4.69) is 4.98 Å². The molecule has 0 fully saturated rings. The van der Waals surface area contributed by atoms with Crippen LogP contribution in [-0.2, 0) is 17.2 Å². The van der Waals surface area contributed by atoms with E-state index in [1.807, 2.05) is 13.8 Å². The Hall–Kier alpha value is -0.540. The Kier molecular flexibility index (Phi) is 3.56. The van der Waals surface area contributed by atoms with Crippen LogP contribution in [0.2, 0.25) is 0 Å². The van der Waals surface area contributed by atoms with E-state index in [-0.39, 0.29) is 6.10 Å². The van der Waals surface area contributed by atoms with Crippen LogP contribution in [0.5, 0.6) is 0 Å². The summed E-state index contributed by atoms with van der Waals surface area (Å²) in [6.07, 6.45) is 1.58. The first-order valence-electron chi connectivity index (χ1n) is 3.83. The number of ether oxygens (including phenoxy) is 1. The monoisotopic (exact) mass is 189 g/mol. The molecule has 1 aromatic rings. The zero-order valence-electron chi connectivity index (χ0n) is 7.21. The van der Waals surface area contributed by atoms with Gasteiger partial charge in [0.2, 0.25) is 0 Å². The van der Waals surface area contributed by atoms with Crippen LogP contribution in [0.1, 0.15) is 25.3 Å². The average Bonchev–Trinajstić information content (AvgIpc) is 2.47. The summed E-state index contributed by atoms with van der Waals surface area (Å²) in [4.78, 5) is 3.93. The second-order valence-corrected chi connectivity index (χ2v) is 2.98. The molecular formula is C8H12ClNO2. The minimum absolute atomic E-state index is 0.193. The Morgan fingerprint density at radius 3 is 3.00 bits per heavy atom. The number of oxazole rings is 1. The molecule has 0 saturated carbocycles. The van der Waals surface area contributed by atoms with Crippen molar-refractivity contribution < 1.29 is 9.15 Å². The average molecular weight is 190 g/mol. The molecule has 12 heavy (non-hydrogen) atoms. The fourth-order valence-electron chi connectivity index (χ4n) is 0.762. The van der Waals surface area contributed by atoms with Crippen LogP contribution in [-0.4, -0.2) is 11.1 Å². The molecular weight excluding hydrogens is 178 g/mol. The van der Waals surface area contributed by atoms with Gasteiger partial charge in [-0.3, -0.25) is 0 Å². The highest BCUT2D eigenvalue weighted by atomic mass is 35.5. The molecule has 0 unspecified atom stereocenters. The lowest BCUT2D eigenvalue weighted by atomic mass is 10.4. The predicted octanol–water partition coefficient (Wildman–Crippen LogP) is 2.34. The third-order valence-corrected chi connectivity index (χ3v) is 1.65. The van der Waals surface area contributed by atoms with Gasteiger partial charge in [-0.15, -0.1) is 11.6 Å². The highest BCUT2D eigenvalue weighted by molar-refractivity contribution is 6.16. The lowest BCUT2D eigenvalue weighted by Gasteiger charge is -2.04. The topological polar surface area (TPSA) is 35.3 Å². The van der Waals surface area contributed by atoms with E-state index in [1.165, 1.54) is 6.39 Å². The van der Waals surface area contributed by atoms with Gasteiger partial charge in [0.25, 0.3) is 0 Å². The van der Waals surface area contributed by atoms with E-state index < -0.39 is 0 Å². The molecule has 1 heterocycles. The summed E-state index contributed by atoms with van der Waals surface area (Å²) >= 11 is 5.61. The summed E-state index contributed by atoms with van der Waals surface area (Å²) in [6.45, 7) is 4.38. The molecule has 1 aromatic heterocycles. The van der Waals surface area contributed by atoms with Crippen molar-refractivity contribution in [1.29, 1.82) is 0 Å². The number of aromatic nitrogens is 1. The fourth-order valence-corrected chi connectivity index (χ4v) is 0.980. The smallest absolute Gasteiger partial charge is 0.181 e. The van der Waals surface area contributed by atoms with Crippen molar-refractivity contribution in [3.8, 4) is 0 Å². The molecule has 0 amide bonds. The molecule has 68 valence electrons. The van der Waals surface area contributed by atoms with Gasteiger partial charge in [-0.25, -0.2) is 4.98 Å². The van der Waals surface area contributed by atoms with Gasteiger partial charge in [-0.05, 0) is 13.8 Å². The highest BCUT2D eigenvalue weighted by Gasteiger charge is 2.07. The molecule has 0 saturated heterocycles. The van der Waals surface area contributed by atoms with Gasteiger partial charge in [0.15, 0.2) is 12.2 Å². The van der Waals surface area contributed by atoms with E-state index in [0.717, 1.165) is 11.5 Å². The standard InChI is InChI=1S/C8H12ClNO2/c1-6(2)11-4-8-7(3-9)10-5-12-8/h5-6H,3-4H2,1-2H3. The van der Waals surface area contributed by atoms with Crippen LogP contribution < -0.4 is 0 Å². The van der Waals surface area contributed by atoms with Crippen LogP contribution in [0.15, 0.2) is 10.8 Å². The van der Waals surface area contributed by atoms with Crippen LogP contribution in [0, 0.1) is 0 Å². The molecule has 0 atom stereocenters. The summed E-state index contributed by atoms with van der Waals surface area (Å²) in [5, 5.41) is 0. The Balaban J connectivity index is 2.50. The number of alkyl halides is 1.